The summed E-state index contributed by atoms with van der Waals surface area (Å²) in [5, 5.41) is 0. The van der Waals surface area contributed by atoms with E-state index in [2.05, 4.69) is 25.7 Å². The Morgan fingerprint density at radius 3 is 2.31 bits per heavy atom. The van der Waals surface area contributed by atoms with E-state index in [9.17, 15) is 22.0 Å². The van der Waals surface area contributed by atoms with E-state index in [1.165, 1.54) is 22.6 Å². The fourth-order valence-electron chi connectivity index (χ4n) is 0.839. The lowest BCUT2D eigenvalue weighted by atomic mass is 10.3. The number of hydrogen-bond acceptors (Lipinski definition) is 2. The van der Waals surface area contributed by atoms with Crippen LogP contribution in [-0.2, 0) is 0 Å². The molecular weight excluding hydrogens is 416 g/mol. The van der Waals surface area contributed by atoms with Gasteiger partial charge in [-0.2, -0.15) is 0 Å². The summed E-state index contributed by atoms with van der Waals surface area (Å²) in [5.74, 6) is -0.784. The molecule has 0 radical (unpaired) electrons. The quantitative estimate of drug-likeness (QED) is 0.407. The molecule has 1 aromatic rings. The highest BCUT2D eigenvalue weighted by atomic mass is 127. The number of alkyl halides is 5. The molecule has 9 heteroatoms. The third-order valence-corrected chi connectivity index (χ3v) is 2.86. The van der Waals surface area contributed by atoms with Crippen LogP contribution < -0.4 is 4.74 Å². The van der Waals surface area contributed by atoms with Gasteiger partial charge in [-0.1, -0.05) is 15.9 Å². The summed E-state index contributed by atoms with van der Waals surface area (Å²) in [4.78, 5) is 3.28. The Morgan fingerprint density at radius 1 is 1.38 bits per heavy atom. The van der Waals surface area contributed by atoms with Crippen molar-refractivity contribution in [3.8, 4) is 5.88 Å². The Balaban J connectivity index is 3.10. The first-order valence-electron chi connectivity index (χ1n) is 3.60. The average molecular weight is 418 g/mol. The van der Waals surface area contributed by atoms with Gasteiger partial charge >= 0.3 is 6.36 Å². The van der Waals surface area contributed by atoms with Crippen LogP contribution in [0.4, 0.5) is 22.0 Å². The fraction of sp³-hybridized carbons (Fsp3) is 0.286. The maximum Gasteiger partial charge on any atom is 0.574 e. The Labute approximate surface area is 108 Å². The first-order valence-corrected chi connectivity index (χ1v) is 5.47. The topological polar surface area (TPSA) is 22.1 Å². The second-order valence-corrected chi connectivity index (χ2v) is 4.37. The number of pyridine rings is 1. The first kappa shape index (κ1) is 13.9. The minimum absolute atomic E-state index is 0.179. The minimum Gasteiger partial charge on any atom is -0.388 e. The molecule has 0 fully saturated rings. The van der Waals surface area contributed by atoms with Gasteiger partial charge in [0, 0.05) is 10.5 Å². The van der Waals surface area contributed by atoms with Crippen LogP contribution in [0.5, 0.6) is 5.88 Å². The highest BCUT2D eigenvalue weighted by Crippen LogP contribution is 2.34. The molecule has 0 amide bonds. The largest absolute Gasteiger partial charge is 0.574 e. The number of ether oxygens (including phenoxy) is 1. The van der Waals surface area contributed by atoms with Crippen molar-refractivity contribution in [1.82, 2.24) is 4.98 Å². The average Bonchev–Trinajstić information content (AvgIpc) is 1.96. The summed E-state index contributed by atoms with van der Waals surface area (Å²) in [6, 6.07) is 0.747. The van der Waals surface area contributed by atoms with E-state index in [0.29, 0.717) is 0 Å². The molecule has 0 saturated carbocycles. The zero-order chi connectivity index (χ0) is 12.5. The van der Waals surface area contributed by atoms with Crippen molar-refractivity contribution in [3.63, 3.8) is 0 Å². The molecule has 0 aromatic carbocycles. The minimum atomic E-state index is -4.90. The van der Waals surface area contributed by atoms with E-state index in [1.807, 2.05) is 0 Å². The fourth-order valence-corrected chi connectivity index (χ4v) is 2.53. The SMILES string of the molecule is FC(F)c1c(Br)cc(OC(F)(F)F)nc1I. The molecule has 1 heterocycles. The van der Waals surface area contributed by atoms with Crippen molar-refractivity contribution in [2.24, 2.45) is 0 Å². The number of halogens is 7. The second kappa shape index (κ2) is 4.98. The van der Waals surface area contributed by atoms with Crippen molar-refractivity contribution in [3.05, 3.63) is 19.8 Å². The maximum absolute atomic E-state index is 12.4. The smallest absolute Gasteiger partial charge is 0.388 e. The van der Waals surface area contributed by atoms with E-state index in [-0.39, 0.29) is 8.17 Å². The van der Waals surface area contributed by atoms with E-state index < -0.39 is 24.2 Å². The van der Waals surface area contributed by atoms with Gasteiger partial charge < -0.3 is 4.74 Å². The maximum atomic E-state index is 12.4. The molecule has 2 nitrogen and oxygen atoms in total. The summed E-state index contributed by atoms with van der Waals surface area (Å²) in [6.07, 6.45) is -7.73. The van der Waals surface area contributed by atoms with Gasteiger partial charge in [0.25, 0.3) is 6.43 Å². The van der Waals surface area contributed by atoms with Crippen LogP contribution in [0.15, 0.2) is 10.5 Å². The summed E-state index contributed by atoms with van der Waals surface area (Å²) >= 11 is 4.14. The lowest BCUT2D eigenvalue weighted by molar-refractivity contribution is -0.276. The van der Waals surface area contributed by atoms with Crippen LogP contribution in [0.2, 0.25) is 0 Å². The van der Waals surface area contributed by atoms with E-state index in [0.717, 1.165) is 6.07 Å². The lowest BCUT2D eigenvalue weighted by Gasteiger charge is -2.11. The van der Waals surface area contributed by atoms with Crippen LogP contribution in [0.3, 0.4) is 0 Å². The predicted octanol–water partition coefficient (Wildman–Crippen LogP) is 4.28. The molecule has 0 aliphatic rings. The molecule has 90 valence electrons. The van der Waals surface area contributed by atoms with Crippen LogP contribution in [0.25, 0.3) is 0 Å². The molecule has 0 aliphatic carbocycles. The molecule has 1 aromatic heterocycles. The Morgan fingerprint density at radius 2 is 1.94 bits per heavy atom. The molecule has 16 heavy (non-hydrogen) atoms. The van der Waals surface area contributed by atoms with Crippen LogP contribution >= 0.6 is 38.5 Å². The van der Waals surface area contributed by atoms with Crippen molar-refractivity contribution in [2.45, 2.75) is 12.8 Å². The Bertz CT molecular complexity index is 374. The summed E-state index contributed by atoms with van der Waals surface area (Å²) < 4.78 is 63.4. The highest BCUT2D eigenvalue weighted by molar-refractivity contribution is 14.1. The van der Waals surface area contributed by atoms with E-state index in [1.54, 1.807) is 0 Å². The number of aromatic nitrogens is 1. The van der Waals surface area contributed by atoms with Gasteiger partial charge in [-0.3, -0.25) is 0 Å². The summed E-state index contributed by atoms with van der Waals surface area (Å²) in [5.41, 5.74) is -0.463. The first-order chi connectivity index (χ1) is 7.20. The standard InChI is InChI=1S/C7H2BrF5INO/c8-2-1-3(16-7(11,12)13)15-6(14)4(2)5(9)10/h1,5H. The number of nitrogens with zero attached hydrogens (tertiary/aromatic N) is 1. The molecule has 0 aliphatic heterocycles. The van der Waals surface area contributed by atoms with Crippen LogP contribution in [0.1, 0.15) is 12.0 Å². The highest BCUT2D eigenvalue weighted by Gasteiger charge is 2.32. The van der Waals surface area contributed by atoms with Crippen LogP contribution in [0, 0.1) is 3.70 Å². The molecule has 0 unspecified atom stereocenters. The molecule has 0 N–H and O–H groups in total. The monoisotopic (exact) mass is 417 g/mol. The predicted molar refractivity (Wildman–Crippen MR) is 56.3 cm³/mol. The second-order valence-electron chi connectivity index (χ2n) is 2.50. The van der Waals surface area contributed by atoms with Gasteiger partial charge in [0.15, 0.2) is 0 Å². The van der Waals surface area contributed by atoms with Gasteiger partial charge in [-0.25, -0.2) is 13.8 Å². The zero-order valence-electron chi connectivity index (χ0n) is 7.16. The van der Waals surface area contributed by atoms with Crippen molar-refractivity contribution in [2.75, 3.05) is 0 Å². The molecule has 0 spiro atoms. The van der Waals surface area contributed by atoms with Gasteiger partial charge in [-0.15, -0.1) is 13.2 Å². The van der Waals surface area contributed by atoms with Crippen molar-refractivity contribution in [1.29, 1.82) is 0 Å². The van der Waals surface area contributed by atoms with Gasteiger partial charge in [0.2, 0.25) is 5.88 Å². The van der Waals surface area contributed by atoms with Gasteiger partial charge in [-0.05, 0) is 22.6 Å². The van der Waals surface area contributed by atoms with Gasteiger partial charge in [0.1, 0.15) is 3.70 Å². The van der Waals surface area contributed by atoms with E-state index >= 15 is 0 Å². The normalized spacial score (nSPS) is 12.0. The van der Waals surface area contributed by atoms with Crippen molar-refractivity contribution >= 4 is 38.5 Å². The molecule has 0 saturated heterocycles. The number of rotatable bonds is 2. The zero-order valence-corrected chi connectivity index (χ0v) is 10.9. The summed E-state index contributed by atoms with van der Waals surface area (Å²) in [7, 11) is 0. The molecule has 0 bridgehead atoms. The third-order valence-electron chi connectivity index (χ3n) is 1.38. The van der Waals surface area contributed by atoms with Crippen molar-refractivity contribution < 1.29 is 26.7 Å². The molecular formula is C7H2BrF5INO. The van der Waals surface area contributed by atoms with Gasteiger partial charge in [0.05, 0.1) is 5.56 Å². The Kier molecular flexibility index (Phi) is 4.32. The lowest BCUT2D eigenvalue weighted by Crippen LogP contribution is -2.18. The van der Waals surface area contributed by atoms with Crippen LogP contribution in [-0.4, -0.2) is 11.3 Å². The number of hydrogen-bond donors (Lipinski definition) is 0. The van der Waals surface area contributed by atoms with E-state index in [4.69, 9.17) is 0 Å². The Hall–Kier alpha value is -0.190. The summed E-state index contributed by atoms with van der Waals surface area (Å²) in [6.45, 7) is 0. The molecule has 1 rings (SSSR count). The third kappa shape index (κ3) is 3.68. The molecule has 0 atom stereocenters.